The molecule has 1 aromatic heterocycles. The van der Waals surface area contributed by atoms with Crippen LogP contribution in [0.1, 0.15) is 36.1 Å². The molecule has 0 spiro atoms. The van der Waals surface area contributed by atoms with E-state index in [1.807, 2.05) is 0 Å². The van der Waals surface area contributed by atoms with Crippen molar-refractivity contribution in [2.75, 3.05) is 24.6 Å². The second-order valence-corrected chi connectivity index (χ2v) is 6.58. The van der Waals surface area contributed by atoms with Crippen molar-refractivity contribution in [1.29, 1.82) is 5.26 Å². The Labute approximate surface area is 146 Å². The fourth-order valence-corrected chi connectivity index (χ4v) is 3.74. The Morgan fingerprint density at radius 1 is 1.12 bits per heavy atom. The van der Waals surface area contributed by atoms with Gasteiger partial charge in [0, 0.05) is 30.6 Å². The summed E-state index contributed by atoms with van der Waals surface area (Å²) in [4.78, 5) is 7.09. The van der Waals surface area contributed by atoms with Crippen LogP contribution < -0.4 is 4.90 Å². The van der Waals surface area contributed by atoms with Gasteiger partial charge in [0.05, 0.1) is 18.9 Å². The molecule has 2 aliphatic rings. The highest BCUT2D eigenvalue weighted by atomic mass is 19.1. The lowest BCUT2D eigenvalue weighted by molar-refractivity contribution is 0.109. The largest absolute Gasteiger partial charge is 0.376 e. The number of benzene rings is 1. The smallest absolute Gasteiger partial charge is 0.147 e. The second kappa shape index (κ2) is 6.81. The maximum atomic E-state index is 13.4. The topological polar surface area (TPSA) is 49.2 Å². The first-order valence-electron chi connectivity index (χ1n) is 8.82. The minimum Gasteiger partial charge on any atom is -0.376 e. The number of hydrogen-bond donors (Lipinski definition) is 0. The molecule has 1 fully saturated rings. The third-order valence-electron chi connectivity index (χ3n) is 4.99. The number of nitrogens with zero attached hydrogens (tertiary/aromatic N) is 3. The summed E-state index contributed by atoms with van der Waals surface area (Å²) in [5.74, 6) is 0.500. The summed E-state index contributed by atoms with van der Waals surface area (Å²) >= 11 is 0. The lowest BCUT2D eigenvalue weighted by atomic mass is 9.92. The molecule has 4 nitrogen and oxygen atoms in total. The van der Waals surface area contributed by atoms with Gasteiger partial charge in [0.25, 0.3) is 0 Å². The summed E-state index contributed by atoms with van der Waals surface area (Å²) in [7, 11) is 0. The molecular formula is C20H20FN3O. The fourth-order valence-electron chi connectivity index (χ4n) is 3.74. The van der Waals surface area contributed by atoms with Gasteiger partial charge in [0.15, 0.2) is 0 Å². The molecule has 25 heavy (non-hydrogen) atoms. The third kappa shape index (κ3) is 2.98. The van der Waals surface area contributed by atoms with Gasteiger partial charge in [0.2, 0.25) is 0 Å². The number of rotatable bonds is 2. The highest BCUT2D eigenvalue weighted by Gasteiger charge is 2.26. The van der Waals surface area contributed by atoms with Crippen molar-refractivity contribution in [2.24, 2.45) is 0 Å². The van der Waals surface area contributed by atoms with Crippen molar-refractivity contribution in [3.63, 3.8) is 0 Å². The van der Waals surface area contributed by atoms with E-state index in [-0.39, 0.29) is 5.82 Å². The molecule has 0 radical (unpaired) electrons. The molecular weight excluding hydrogens is 317 g/mol. The second-order valence-electron chi connectivity index (χ2n) is 6.58. The van der Waals surface area contributed by atoms with Crippen molar-refractivity contribution in [2.45, 2.75) is 32.3 Å². The molecule has 0 amide bonds. The van der Waals surface area contributed by atoms with Crippen molar-refractivity contribution in [3.05, 3.63) is 46.9 Å². The molecule has 3 heterocycles. The van der Waals surface area contributed by atoms with E-state index in [2.05, 4.69) is 11.0 Å². The molecule has 0 N–H and O–H groups in total. The molecule has 2 aliphatic heterocycles. The van der Waals surface area contributed by atoms with Gasteiger partial charge < -0.3 is 9.64 Å². The Morgan fingerprint density at radius 2 is 1.88 bits per heavy atom. The van der Waals surface area contributed by atoms with E-state index in [0.29, 0.717) is 18.8 Å². The molecule has 0 aliphatic carbocycles. The Morgan fingerprint density at radius 3 is 2.60 bits per heavy atom. The van der Waals surface area contributed by atoms with Crippen LogP contribution in [0, 0.1) is 17.1 Å². The Kier molecular flexibility index (Phi) is 4.37. The summed E-state index contributed by atoms with van der Waals surface area (Å²) in [5, 5.41) is 9.92. The summed E-state index contributed by atoms with van der Waals surface area (Å²) in [6, 6.07) is 8.72. The predicted octanol–water partition coefficient (Wildman–Crippen LogP) is 3.82. The quantitative estimate of drug-likeness (QED) is 0.836. The zero-order valence-electron chi connectivity index (χ0n) is 14.1. The molecule has 5 heteroatoms. The molecule has 0 atom stereocenters. The van der Waals surface area contributed by atoms with E-state index in [9.17, 15) is 9.65 Å². The molecule has 4 rings (SSSR count). The van der Waals surface area contributed by atoms with Gasteiger partial charge in [-0.1, -0.05) is 12.1 Å². The number of halogens is 1. The number of fused-ring (bicyclic) bond motifs is 1. The van der Waals surface area contributed by atoms with Crippen LogP contribution in [0.15, 0.2) is 24.3 Å². The fraction of sp³-hybridized carbons (Fsp3) is 0.400. The molecule has 0 saturated carbocycles. The summed E-state index contributed by atoms with van der Waals surface area (Å²) in [6.45, 7) is 2.96. The normalized spacial score (nSPS) is 17.0. The van der Waals surface area contributed by atoms with E-state index >= 15 is 0 Å². The third-order valence-corrected chi connectivity index (χ3v) is 4.99. The van der Waals surface area contributed by atoms with Gasteiger partial charge in [-0.3, -0.25) is 0 Å². The SMILES string of the molecule is N#Cc1c(N2CCCCC2)nc2c(c1-c1ccc(F)cc1)COCC2. The zero-order valence-corrected chi connectivity index (χ0v) is 14.1. The highest BCUT2D eigenvalue weighted by molar-refractivity contribution is 5.80. The van der Waals surface area contributed by atoms with Gasteiger partial charge in [-0.05, 0) is 37.0 Å². The number of hydrogen-bond acceptors (Lipinski definition) is 4. The van der Waals surface area contributed by atoms with Gasteiger partial charge in [-0.15, -0.1) is 0 Å². The monoisotopic (exact) mass is 337 g/mol. The van der Waals surface area contributed by atoms with Gasteiger partial charge in [-0.25, -0.2) is 9.37 Å². The number of ether oxygens (including phenoxy) is 1. The number of pyridine rings is 1. The van der Waals surface area contributed by atoms with Gasteiger partial charge in [0.1, 0.15) is 23.3 Å². The van der Waals surface area contributed by atoms with Crippen LogP contribution in [-0.4, -0.2) is 24.7 Å². The van der Waals surface area contributed by atoms with Crippen molar-refractivity contribution < 1.29 is 9.13 Å². The summed E-state index contributed by atoms with van der Waals surface area (Å²) in [6.07, 6.45) is 4.22. The zero-order chi connectivity index (χ0) is 17.2. The summed E-state index contributed by atoms with van der Waals surface area (Å²) in [5.41, 5.74) is 4.26. The van der Waals surface area contributed by atoms with Crippen molar-refractivity contribution in [3.8, 4) is 17.2 Å². The van der Waals surface area contributed by atoms with E-state index in [0.717, 1.165) is 60.6 Å². The molecule has 2 aromatic rings. The van der Waals surface area contributed by atoms with Crippen LogP contribution >= 0.6 is 0 Å². The lowest BCUT2D eigenvalue weighted by Crippen LogP contribution is -2.32. The molecule has 1 aromatic carbocycles. The minimum absolute atomic E-state index is 0.280. The molecule has 0 bridgehead atoms. The Bertz CT molecular complexity index is 820. The standard InChI is InChI=1S/C20H20FN3O/c21-15-6-4-14(5-7-15)19-16(12-22)20(24-9-2-1-3-10-24)23-18-8-11-25-13-17(18)19/h4-7H,1-3,8-11,13H2. The van der Waals surface area contributed by atoms with Crippen LogP contribution in [0.4, 0.5) is 10.2 Å². The predicted molar refractivity (Wildman–Crippen MR) is 93.8 cm³/mol. The van der Waals surface area contributed by atoms with Crippen LogP contribution in [0.2, 0.25) is 0 Å². The molecule has 0 unspecified atom stereocenters. The van der Waals surface area contributed by atoms with E-state index in [4.69, 9.17) is 9.72 Å². The maximum Gasteiger partial charge on any atom is 0.147 e. The summed E-state index contributed by atoms with van der Waals surface area (Å²) < 4.78 is 19.0. The maximum absolute atomic E-state index is 13.4. The van der Waals surface area contributed by atoms with E-state index < -0.39 is 0 Å². The van der Waals surface area contributed by atoms with Crippen molar-refractivity contribution >= 4 is 5.82 Å². The highest BCUT2D eigenvalue weighted by Crippen LogP contribution is 2.37. The average Bonchev–Trinajstić information content (AvgIpc) is 2.68. The van der Waals surface area contributed by atoms with Crippen molar-refractivity contribution in [1.82, 2.24) is 4.98 Å². The first kappa shape index (κ1) is 16.0. The average molecular weight is 337 g/mol. The van der Waals surface area contributed by atoms with Crippen LogP contribution in [0.25, 0.3) is 11.1 Å². The molecule has 1 saturated heterocycles. The Hall–Kier alpha value is -2.45. The van der Waals surface area contributed by atoms with E-state index in [1.165, 1.54) is 18.6 Å². The van der Waals surface area contributed by atoms with Crippen LogP contribution in [0.3, 0.4) is 0 Å². The van der Waals surface area contributed by atoms with Crippen LogP contribution in [-0.2, 0) is 17.8 Å². The van der Waals surface area contributed by atoms with Gasteiger partial charge in [-0.2, -0.15) is 5.26 Å². The van der Waals surface area contributed by atoms with Gasteiger partial charge >= 0.3 is 0 Å². The lowest BCUT2D eigenvalue weighted by Gasteiger charge is -2.31. The molecule has 128 valence electrons. The Balaban J connectivity index is 1.93. The van der Waals surface area contributed by atoms with Crippen LogP contribution in [0.5, 0.6) is 0 Å². The number of piperidine rings is 1. The number of aromatic nitrogens is 1. The number of nitriles is 1. The first-order valence-corrected chi connectivity index (χ1v) is 8.82. The number of anilines is 1. The first-order chi connectivity index (χ1) is 12.3. The van der Waals surface area contributed by atoms with E-state index in [1.54, 1.807) is 12.1 Å². The minimum atomic E-state index is -0.280.